The molecule has 8 heteroatoms. The first-order valence-corrected chi connectivity index (χ1v) is 5.82. The van der Waals surface area contributed by atoms with Gasteiger partial charge in [-0.3, -0.25) is 15.1 Å². The van der Waals surface area contributed by atoms with Gasteiger partial charge < -0.3 is 5.84 Å². The second kappa shape index (κ2) is 6.86. The highest BCUT2D eigenvalue weighted by molar-refractivity contribution is 6.37. The molecule has 0 aromatic heterocycles. The van der Waals surface area contributed by atoms with E-state index in [0.29, 0.717) is 15.6 Å². The molecule has 0 saturated heterocycles. The summed E-state index contributed by atoms with van der Waals surface area (Å²) in [6.07, 6.45) is 2.70. The van der Waals surface area contributed by atoms with Gasteiger partial charge in [0.1, 0.15) is 0 Å². The molecule has 0 unspecified atom stereocenters. The predicted octanol–water partition coefficient (Wildman–Crippen LogP) is 2.73. The molecule has 100 valence electrons. The molecule has 0 radical (unpaired) electrons. The molecular formula is C11H11Cl2N5O. The first-order valence-electron chi connectivity index (χ1n) is 5.06. The fraction of sp³-hybridized carbons (Fsp3) is 0.0909. The third kappa shape index (κ3) is 4.04. The first-order chi connectivity index (χ1) is 8.97. The van der Waals surface area contributed by atoms with Gasteiger partial charge in [-0.25, -0.2) is 0 Å². The van der Waals surface area contributed by atoms with Crippen molar-refractivity contribution in [1.29, 1.82) is 5.41 Å². The summed E-state index contributed by atoms with van der Waals surface area (Å²) in [6, 6.07) is 5.02. The minimum Gasteiger partial charge on any atom is -0.304 e. The molecule has 19 heavy (non-hydrogen) atoms. The van der Waals surface area contributed by atoms with Gasteiger partial charge in [0, 0.05) is 28.7 Å². The summed E-state index contributed by atoms with van der Waals surface area (Å²) in [5.74, 6) is 3.95. The van der Waals surface area contributed by atoms with E-state index in [-0.39, 0.29) is 5.96 Å². The van der Waals surface area contributed by atoms with Gasteiger partial charge in [-0.15, -0.1) is 0 Å². The molecule has 0 spiro atoms. The number of rotatable bonds is 2. The number of likely N-dealkylation sites (N-methyl/N-ethyl adjacent to an activating group) is 1. The third-order valence-corrected chi connectivity index (χ3v) is 2.85. The Balaban J connectivity index is 2.87. The quantitative estimate of drug-likeness (QED) is 0.219. The molecule has 1 aromatic rings. The van der Waals surface area contributed by atoms with Crippen LogP contribution in [-0.2, 0) is 4.79 Å². The van der Waals surface area contributed by atoms with E-state index in [0.717, 1.165) is 4.90 Å². The molecule has 0 aliphatic rings. The zero-order chi connectivity index (χ0) is 14.4. The van der Waals surface area contributed by atoms with E-state index in [9.17, 15) is 4.79 Å². The van der Waals surface area contributed by atoms with E-state index < -0.39 is 5.91 Å². The lowest BCUT2D eigenvalue weighted by molar-refractivity contribution is -0.121. The molecule has 0 heterocycles. The van der Waals surface area contributed by atoms with Crippen LogP contribution in [0.5, 0.6) is 0 Å². The van der Waals surface area contributed by atoms with Crippen LogP contribution in [-0.4, -0.2) is 23.8 Å². The smallest absolute Gasteiger partial charge is 0.253 e. The minimum atomic E-state index is -0.478. The molecule has 0 atom stereocenters. The van der Waals surface area contributed by atoms with Gasteiger partial charge >= 0.3 is 0 Å². The summed E-state index contributed by atoms with van der Waals surface area (Å²) < 4.78 is 0. The Morgan fingerprint density at radius 2 is 2.00 bits per heavy atom. The normalized spacial score (nSPS) is 11.1. The molecule has 1 rings (SSSR count). The molecule has 0 fully saturated rings. The Labute approximate surface area is 120 Å². The van der Waals surface area contributed by atoms with Crippen molar-refractivity contribution in [2.45, 2.75) is 0 Å². The van der Waals surface area contributed by atoms with Gasteiger partial charge in [-0.05, 0) is 18.2 Å². The van der Waals surface area contributed by atoms with Crippen LogP contribution in [0.15, 0.2) is 34.6 Å². The van der Waals surface area contributed by atoms with E-state index in [1.807, 2.05) is 0 Å². The number of nitrogens with one attached hydrogen (secondary N) is 1. The maximum absolute atomic E-state index is 11.7. The summed E-state index contributed by atoms with van der Waals surface area (Å²) in [6.45, 7) is 0. The number of benzene rings is 1. The molecule has 1 aromatic carbocycles. The van der Waals surface area contributed by atoms with Crippen LogP contribution in [0.1, 0.15) is 5.56 Å². The Kier molecular flexibility index (Phi) is 5.47. The van der Waals surface area contributed by atoms with Crippen LogP contribution in [0, 0.1) is 5.41 Å². The molecule has 1 amide bonds. The average molecular weight is 300 g/mol. The van der Waals surface area contributed by atoms with E-state index in [1.54, 1.807) is 18.2 Å². The summed E-state index contributed by atoms with van der Waals surface area (Å²) >= 11 is 11.9. The van der Waals surface area contributed by atoms with Gasteiger partial charge in [0.2, 0.25) is 5.96 Å². The number of guanidine groups is 1. The molecule has 0 saturated carbocycles. The van der Waals surface area contributed by atoms with Crippen LogP contribution >= 0.6 is 23.2 Å². The van der Waals surface area contributed by atoms with Gasteiger partial charge in [0.15, 0.2) is 0 Å². The van der Waals surface area contributed by atoms with Crippen molar-refractivity contribution in [3.8, 4) is 0 Å². The van der Waals surface area contributed by atoms with Crippen molar-refractivity contribution in [2.24, 2.45) is 16.2 Å². The van der Waals surface area contributed by atoms with Crippen LogP contribution in [0.3, 0.4) is 0 Å². The Hall–Kier alpha value is -1.92. The molecule has 6 nitrogen and oxygen atoms in total. The Morgan fingerprint density at radius 1 is 1.42 bits per heavy atom. The van der Waals surface area contributed by atoms with Crippen molar-refractivity contribution < 1.29 is 4.79 Å². The number of nitrogens with two attached hydrogens (primary N) is 1. The third-order valence-electron chi connectivity index (χ3n) is 2.19. The molecule has 0 aliphatic heterocycles. The summed E-state index contributed by atoms with van der Waals surface area (Å²) in [4.78, 5) is 12.7. The van der Waals surface area contributed by atoms with Crippen LogP contribution in [0.4, 0.5) is 0 Å². The van der Waals surface area contributed by atoms with Crippen molar-refractivity contribution >= 4 is 41.1 Å². The number of nitrogens with zero attached hydrogens (tertiary/aromatic N) is 3. The lowest BCUT2D eigenvalue weighted by Gasteiger charge is -2.10. The van der Waals surface area contributed by atoms with Gasteiger partial charge in [0.25, 0.3) is 5.91 Å². The van der Waals surface area contributed by atoms with Gasteiger partial charge in [-0.2, -0.15) is 0 Å². The summed E-state index contributed by atoms with van der Waals surface area (Å²) in [5.41, 5.74) is 0.527. The SMILES string of the molecule is CN(C(=N)N=NN)C(=O)/C=C/c1c(Cl)cccc1Cl. The standard InChI is InChI=1S/C11H11Cl2N5O/c1-18(11(14)16-17-15)10(19)6-5-7-8(12)3-2-4-9(7)13/h2-6H,1H3,(H3,14,15,16)/b6-5+. The largest absolute Gasteiger partial charge is 0.304 e. The highest BCUT2D eigenvalue weighted by atomic mass is 35.5. The maximum atomic E-state index is 11.7. The number of hydrogen-bond donors (Lipinski definition) is 2. The number of carbonyl (C=O) groups excluding carboxylic acids is 1. The predicted molar refractivity (Wildman–Crippen MR) is 75.0 cm³/mol. The lowest BCUT2D eigenvalue weighted by atomic mass is 10.2. The summed E-state index contributed by atoms with van der Waals surface area (Å²) in [7, 11) is 1.37. The highest BCUT2D eigenvalue weighted by Crippen LogP contribution is 2.25. The van der Waals surface area contributed by atoms with Crippen molar-refractivity contribution in [3.63, 3.8) is 0 Å². The number of halogens is 2. The monoisotopic (exact) mass is 299 g/mol. The first kappa shape index (κ1) is 15.1. The van der Waals surface area contributed by atoms with Crippen molar-refractivity contribution in [3.05, 3.63) is 39.9 Å². The Morgan fingerprint density at radius 3 is 2.53 bits per heavy atom. The molecule has 0 aliphatic carbocycles. The molecule has 3 N–H and O–H groups in total. The van der Waals surface area contributed by atoms with E-state index in [1.165, 1.54) is 19.2 Å². The van der Waals surface area contributed by atoms with Crippen molar-refractivity contribution in [1.82, 2.24) is 4.90 Å². The van der Waals surface area contributed by atoms with Crippen LogP contribution in [0.25, 0.3) is 6.08 Å². The zero-order valence-corrected chi connectivity index (χ0v) is 11.5. The fourth-order valence-corrected chi connectivity index (χ4v) is 1.69. The van der Waals surface area contributed by atoms with E-state index in [2.05, 4.69) is 10.3 Å². The maximum Gasteiger partial charge on any atom is 0.253 e. The lowest BCUT2D eigenvalue weighted by Crippen LogP contribution is -2.29. The average Bonchev–Trinajstić information content (AvgIpc) is 2.37. The second-order valence-corrected chi connectivity index (χ2v) is 4.22. The van der Waals surface area contributed by atoms with Crippen LogP contribution < -0.4 is 5.84 Å². The summed E-state index contributed by atoms with van der Waals surface area (Å²) in [5, 5.41) is 14.4. The topological polar surface area (TPSA) is 94.9 Å². The highest BCUT2D eigenvalue weighted by Gasteiger charge is 2.10. The molecular weight excluding hydrogens is 289 g/mol. The Bertz CT molecular complexity index is 536. The van der Waals surface area contributed by atoms with Gasteiger partial charge in [-0.1, -0.05) is 39.6 Å². The number of amides is 1. The van der Waals surface area contributed by atoms with Crippen LogP contribution in [0.2, 0.25) is 10.0 Å². The van der Waals surface area contributed by atoms with Gasteiger partial charge in [0.05, 0.1) is 0 Å². The minimum absolute atomic E-state index is 0.373. The zero-order valence-electron chi connectivity index (χ0n) is 9.97. The second-order valence-electron chi connectivity index (χ2n) is 3.40. The van der Waals surface area contributed by atoms with Crippen molar-refractivity contribution in [2.75, 3.05) is 7.05 Å². The van der Waals surface area contributed by atoms with E-state index in [4.69, 9.17) is 34.5 Å². The van der Waals surface area contributed by atoms with E-state index >= 15 is 0 Å². The number of hydrogen-bond acceptors (Lipinski definition) is 3. The fourth-order valence-electron chi connectivity index (χ4n) is 1.16. The number of carbonyl (C=O) groups is 1. The molecule has 0 bridgehead atoms.